The lowest BCUT2D eigenvalue weighted by atomic mass is 10.2. The Hall–Kier alpha value is -2.84. The van der Waals surface area contributed by atoms with Gasteiger partial charge in [0, 0.05) is 5.02 Å². The Morgan fingerprint density at radius 1 is 1.17 bits per heavy atom. The summed E-state index contributed by atoms with van der Waals surface area (Å²) in [5, 5.41) is 0.564. The third kappa shape index (κ3) is 4.13. The second kappa shape index (κ2) is 8.67. The number of nitrogens with zero attached hydrogens (tertiary/aromatic N) is 2. The number of thiazole rings is 1. The Morgan fingerprint density at radius 3 is 2.59 bits per heavy atom. The molecule has 0 aliphatic carbocycles. The molecule has 0 aliphatic rings. The lowest BCUT2D eigenvalue weighted by Gasteiger charge is -2.10. The SMILES string of the molecule is COC(=O)Cn1c(=NC(=O)c2cccc(OC)c2OC)sc2cc(Cl)cc(C)c21. The van der Waals surface area contributed by atoms with Crippen LogP contribution in [0.1, 0.15) is 15.9 Å². The van der Waals surface area contributed by atoms with Gasteiger partial charge in [0.1, 0.15) is 6.54 Å². The van der Waals surface area contributed by atoms with E-state index >= 15 is 0 Å². The standard InChI is InChI=1S/C20H19ClN2O5S/c1-11-8-12(21)9-15-17(11)23(10-16(24)27-3)20(29-15)22-19(25)13-6-5-7-14(26-2)18(13)28-4/h5-9H,10H2,1-4H3. The van der Waals surface area contributed by atoms with Gasteiger partial charge in [0.15, 0.2) is 16.3 Å². The summed E-state index contributed by atoms with van der Waals surface area (Å²) in [6.45, 7) is 1.80. The van der Waals surface area contributed by atoms with E-state index in [2.05, 4.69) is 4.99 Å². The molecule has 0 N–H and O–H groups in total. The summed E-state index contributed by atoms with van der Waals surface area (Å²) in [6.07, 6.45) is 0. The Morgan fingerprint density at radius 2 is 1.93 bits per heavy atom. The fraction of sp³-hybridized carbons (Fsp3) is 0.250. The maximum absolute atomic E-state index is 12.9. The zero-order valence-electron chi connectivity index (χ0n) is 16.3. The Balaban J connectivity index is 2.22. The molecule has 29 heavy (non-hydrogen) atoms. The van der Waals surface area contributed by atoms with Crippen LogP contribution in [-0.2, 0) is 16.1 Å². The van der Waals surface area contributed by atoms with Crippen LogP contribution >= 0.6 is 22.9 Å². The second-order valence-electron chi connectivity index (χ2n) is 6.07. The monoisotopic (exact) mass is 434 g/mol. The van der Waals surface area contributed by atoms with Gasteiger partial charge in [-0.2, -0.15) is 4.99 Å². The van der Waals surface area contributed by atoms with Gasteiger partial charge in [0.25, 0.3) is 5.91 Å². The van der Waals surface area contributed by atoms with Crippen LogP contribution in [-0.4, -0.2) is 37.8 Å². The number of aryl methyl sites for hydroxylation is 1. The lowest BCUT2D eigenvalue weighted by molar-refractivity contribution is -0.141. The summed E-state index contributed by atoms with van der Waals surface area (Å²) in [4.78, 5) is 29.5. The Kier molecular flexibility index (Phi) is 6.24. The number of rotatable bonds is 5. The van der Waals surface area contributed by atoms with Crippen molar-refractivity contribution in [1.29, 1.82) is 0 Å². The van der Waals surface area contributed by atoms with Crippen LogP contribution in [0.4, 0.5) is 0 Å². The van der Waals surface area contributed by atoms with E-state index in [4.69, 9.17) is 25.8 Å². The molecule has 3 aromatic rings. The molecular weight excluding hydrogens is 416 g/mol. The van der Waals surface area contributed by atoms with Crippen molar-refractivity contribution in [3.05, 3.63) is 51.3 Å². The average molecular weight is 435 g/mol. The lowest BCUT2D eigenvalue weighted by Crippen LogP contribution is -2.22. The van der Waals surface area contributed by atoms with Crippen LogP contribution in [0.2, 0.25) is 5.02 Å². The van der Waals surface area contributed by atoms with Gasteiger partial charge in [0.05, 0.1) is 37.1 Å². The number of fused-ring (bicyclic) bond motifs is 1. The molecule has 0 saturated carbocycles. The predicted molar refractivity (Wildman–Crippen MR) is 111 cm³/mol. The van der Waals surface area contributed by atoms with Crippen molar-refractivity contribution in [3.63, 3.8) is 0 Å². The number of hydrogen-bond acceptors (Lipinski definition) is 6. The quantitative estimate of drug-likeness (QED) is 0.573. The van der Waals surface area contributed by atoms with E-state index in [9.17, 15) is 9.59 Å². The number of methoxy groups -OCH3 is 3. The molecule has 152 valence electrons. The van der Waals surface area contributed by atoms with Crippen molar-refractivity contribution >= 4 is 45.0 Å². The van der Waals surface area contributed by atoms with E-state index in [1.54, 1.807) is 34.9 Å². The van der Waals surface area contributed by atoms with Crippen LogP contribution < -0.4 is 14.3 Å². The zero-order valence-corrected chi connectivity index (χ0v) is 17.9. The molecule has 0 spiro atoms. The van der Waals surface area contributed by atoms with Gasteiger partial charge in [-0.25, -0.2) is 0 Å². The first-order valence-corrected chi connectivity index (χ1v) is 9.75. The van der Waals surface area contributed by atoms with Crippen molar-refractivity contribution < 1.29 is 23.8 Å². The first-order chi connectivity index (χ1) is 13.9. The van der Waals surface area contributed by atoms with Gasteiger partial charge in [-0.15, -0.1) is 0 Å². The molecule has 0 atom stereocenters. The second-order valence-corrected chi connectivity index (χ2v) is 7.52. The van der Waals surface area contributed by atoms with E-state index in [0.717, 1.165) is 15.8 Å². The molecule has 0 radical (unpaired) electrons. The van der Waals surface area contributed by atoms with Crippen LogP contribution in [0.5, 0.6) is 11.5 Å². The fourth-order valence-electron chi connectivity index (χ4n) is 3.00. The maximum atomic E-state index is 12.9. The van der Waals surface area contributed by atoms with Crippen molar-refractivity contribution in [1.82, 2.24) is 4.57 Å². The minimum Gasteiger partial charge on any atom is -0.493 e. The highest BCUT2D eigenvalue weighted by Crippen LogP contribution is 2.31. The van der Waals surface area contributed by atoms with Crippen molar-refractivity contribution in [2.24, 2.45) is 4.99 Å². The number of benzene rings is 2. The number of halogens is 1. The summed E-state index contributed by atoms with van der Waals surface area (Å²) < 4.78 is 17.8. The van der Waals surface area contributed by atoms with Crippen molar-refractivity contribution in [2.45, 2.75) is 13.5 Å². The first-order valence-electron chi connectivity index (χ1n) is 8.56. The fourth-order valence-corrected chi connectivity index (χ4v) is 4.49. The van der Waals surface area contributed by atoms with Gasteiger partial charge in [-0.1, -0.05) is 29.0 Å². The number of ether oxygens (including phenoxy) is 3. The summed E-state index contributed by atoms with van der Waals surface area (Å²) in [5.74, 6) is -0.250. The average Bonchev–Trinajstić information content (AvgIpc) is 3.03. The summed E-state index contributed by atoms with van der Waals surface area (Å²) >= 11 is 7.43. The molecule has 7 nitrogen and oxygen atoms in total. The maximum Gasteiger partial charge on any atom is 0.325 e. The predicted octanol–water partition coefficient (Wildman–Crippen LogP) is 3.60. The van der Waals surface area contributed by atoms with Crippen LogP contribution in [0.15, 0.2) is 35.3 Å². The van der Waals surface area contributed by atoms with Gasteiger partial charge < -0.3 is 18.8 Å². The number of hydrogen-bond donors (Lipinski definition) is 0. The summed E-state index contributed by atoms with van der Waals surface area (Å²) in [5.41, 5.74) is 1.89. The van der Waals surface area contributed by atoms with E-state index in [0.29, 0.717) is 21.3 Å². The summed E-state index contributed by atoms with van der Waals surface area (Å²) in [6, 6.07) is 8.55. The minimum atomic E-state index is -0.519. The number of carbonyl (C=O) groups is 2. The molecule has 1 amide bonds. The molecule has 2 aromatic carbocycles. The van der Waals surface area contributed by atoms with Crippen molar-refractivity contribution in [2.75, 3.05) is 21.3 Å². The Bertz CT molecular complexity index is 1170. The molecule has 0 aliphatic heterocycles. The smallest absolute Gasteiger partial charge is 0.325 e. The highest BCUT2D eigenvalue weighted by Gasteiger charge is 2.18. The molecule has 0 fully saturated rings. The van der Waals surface area contributed by atoms with Crippen LogP contribution in [0, 0.1) is 6.92 Å². The van der Waals surface area contributed by atoms with Crippen LogP contribution in [0.3, 0.4) is 0 Å². The number of esters is 1. The summed E-state index contributed by atoms with van der Waals surface area (Å²) in [7, 11) is 4.26. The van der Waals surface area contributed by atoms with E-state index in [1.807, 2.05) is 6.92 Å². The first kappa shape index (κ1) is 20.9. The van der Waals surface area contributed by atoms with Gasteiger partial charge in [-0.3, -0.25) is 9.59 Å². The normalized spacial score (nSPS) is 11.6. The highest BCUT2D eigenvalue weighted by atomic mass is 35.5. The number of aromatic nitrogens is 1. The molecule has 0 unspecified atom stereocenters. The van der Waals surface area contributed by atoms with Crippen molar-refractivity contribution in [3.8, 4) is 11.5 Å². The molecule has 0 saturated heterocycles. The van der Waals surface area contributed by atoms with Gasteiger partial charge in [-0.05, 0) is 36.8 Å². The molecule has 0 bridgehead atoms. The van der Waals surface area contributed by atoms with Crippen LogP contribution in [0.25, 0.3) is 10.2 Å². The highest BCUT2D eigenvalue weighted by molar-refractivity contribution is 7.16. The number of para-hydroxylation sites is 1. The molecular formula is C20H19ClN2O5S. The minimum absolute atomic E-state index is 0.0830. The number of amides is 1. The number of carbonyl (C=O) groups excluding carboxylic acids is 2. The zero-order chi connectivity index (χ0) is 21.1. The van der Waals surface area contributed by atoms with E-state index in [1.165, 1.54) is 32.7 Å². The third-order valence-corrected chi connectivity index (χ3v) is 5.52. The van der Waals surface area contributed by atoms with E-state index in [-0.39, 0.29) is 12.1 Å². The topological polar surface area (TPSA) is 79.1 Å². The van der Waals surface area contributed by atoms with Gasteiger partial charge in [0.2, 0.25) is 0 Å². The van der Waals surface area contributed by atoms with Gasteiger partial charge >= 0.3 is 5.97 Å². The molecule has 1 aromatic heterocycles. The molecule has 9 heteroatoms. The largest absolute Gasteiger partial charge is 0.493 e. The molecule has 3 rings (SSSR count). The third-order valence-electron chi connectivity index (χ3n) is 4.28. The Labute approximate surface area is 176 Å². The molecule has 1 heterocycles. The van der Waals surface area contributed by atoms with E-state index < -0.39 is 11.9 Å².